The van der Waals surface area contributed by atoms with E-state index < -0.39 is 0 Å². The summed E-state index contributed by atoms with van der Waals surface area (Å²) >= 11 is 0. The van der Waals surface area contributed by atoms with Crippen LogP contribution in [0.2, 0.25) is 0 Å². The van der Waals surface area contributed by atoms with Gasteiger partial charge in [-0.1, -0.05) is 0 Å². The lowest BCUT2D eigenvalue weighted by molar-refractivity contribution is 0.355. The Morgan fingerprint density at radius 2 is 0.900 bits per heavy atom. The van der Waals surface area contributed by atoms with Gasteiger partial charge in [-0.3, -0.25) is 4.79 Å². The highest BCUT2D eigenvalue weighted by molar-refractivity contribution is 6.18. The van der Waals surface area contributed by atoms with E-state index in [0.717, 1.165) is 27.1 Å². The topological polar surface area (TPSA) is 68.2 Å². The summed E-state index contributed by atoms with van der Waals surface area (Å²) in [5.74, 6) is 2.86. The second kappa shape index (κ2) is 7.33. The van der Waals surface area contributed by atoms with Gasteiger partial charge < -0.3 is 28.3 Å². The number of aromatic nitrogens is 1. The molecule has 0 unspecified atom stereocenters. The first-order valence-corrected chi connectivity index (χ1v) is 9.30. The molecule has 0 aliphatic heterocycles. The maximum absolute atomic E-state index is 13.3. The van der Waals surface area contributed by atoms with E-state index in [1.165, 1.54) is 0 Å². The van der Waals surface area contributed by atoms with Crippen LogP contribution in [0.15, 0.2) is 35.1 Å². The minimum atomic E-state index is -0.139. The van der Waals surface area contributed by atoms with Gasteiger partial charge in [0.2, 0.25) is 0 Å². The Balaban J connectivity index is 2.30. The van der Waals surface area contributed by atoms with Crippen molar-refractivity contribution < 1.29 is 23.7 Å². The number of hydrogen-bond acceptors (Lipinski definition) is 6. The van der Waals surface area contributed by atoms with Crippen LogP contribution in [0.3, 0.4) is 0 Å². The molecule has 0 atom stereocenters. The van der Waals surface area contributed by atoms with Crippen LogP contribution < -0.4 is 29.2 Å². The largest absolute Gasteiger partial charge is 0.496 e. The molecule has 4 rings (SSSR count). The maximum Gasteiger partial charge on any atom is 0.258 e. The summed E-state index contributed by atoms with van der Waals surface area (Å²) in [4.78, 5) is 13.3. The van der Waals surface area contributed by atoms with Crippen molar-refractivity contribution in [2.75, 3.05) is 35.5 Å². The normalized spacial score (nSPS) is 11.1. The first-order chi connectivity index (χ1) is 14.5. The van der Waals surface area contributed by atoms with Crippen LogP contribution in [0.1, 0.15) is 0 Å². The lowest BCUT2D eigenvalue weighted by atomic mass is 9.99. The second-order valence-electron chi connectivity index (χ2n) is 6.84. The molecule has 0 fully saturated rings. The van der Waals surface area contributed by atoms with Gasteiger partial charge in [-0.25, -0.2) is 0 Å². The summed E-state index contributed by atoms with van der Waals surface area (Å²) in [5.41, 5.74) is 0.621. The van der Waals surface area contributed by atoms with Gasteiger partial charge in [-0.05, 0) is 30.3 Å². The molecule has 30 heavy (non-hydrogen) atoms. The summed E-state index contributed by atoms with van der Waals surface area (Å²) < 4.78 is 29.1. The molecule has 0 amide bonds. The third-order valence-corrected chi connectivity index (χ3v) is 5.48. The van der Waals surface area contributed by atoms with Gasteiger partial charge in [0, 0.05) is 28.6 Å². The van der Waals surface area contributed by atoms with Gasteiger partial charge in [0.1, 0.15) is 5.75 Å². The molecule has 0 saturated carbocycles. The fraction of sp³-hybridized carbons (Fsp3) is 0.261. The number of methoxy groups -OCH3 is 5. The molecule has 0 aliphatic rings. The Labute approximate surface area is 173 Å². The zero-order chi connectivity index (χ0) is 21.6. The molecule has 0 N–H and O–H groups in total. The number of nitrogens with zero attached hydrogens (tertiary/aromatic N) is 1. The van der Waals surface area contributed by atoms with Gasteiger partial charge in [-0.2, -0.15) is 0 Å². The Kier molecular flexibility index (Phi) is 4.81. The highest BCUT2D eigenvalue weighted by Crippen LogP contribution is 2.42. The number of aryl methyl sites for hydroxylation is 1. The Bertz CT molecular complexity index is 1360. The van der Waals surface area contributed by atoms with Crippen molar-refractivity contribution in [3.63, 3.8) is 0 Å². The third kappa shape index (κ3) is 2.69. The van der Waals surface area contributed by atoms with Crippen molar-refractivity contribution >= 4 is 32.4 Å². The zero-order valence-corrected chi connectivity index (χ0v) is 17.8. The molecule has 1 heterocycles. The summed E-state index contributed by atoms with van der Waals surface area (Å²) in [5, 5.41) is 3.77. The molecule has 7 heteroatoms. The molecule has 0 radical (unpaired) electrons. The van der Waals surface area contributed by atoms with E-state index in [4.69, 9.17) is 23.7 Å². The van der Waals surface area contributed by atoms with Gasteiger partial charge in [0.05, 0.1) is 46.5 Å². The lowest BCUT2D eigenvalue weighted by Crippen LogP contribution is -2.18. The number of rotatable bonds is 5. The van der Waals surface area contributed by atoms with E-state index in [0.29, 0.717) is 34.1 Å². The number of ether oxygens (including phenoxy) is 5. The second-order valence-corrected chi connectivity index (χ2v) is 6.84. The van der Waals surface area contributed by atoms with Crippen molar-refractivity contribution in [2.45, 2.75) is 0 Å². The maximum atomic E-state index is 13.3. The van der Waals surface area contributed by atoms with Crippen LogP contribution >= 0.6 is 0 Å². The van der Waals surface area contributed by atoms with E-state index in [1.54, 1.807) is 53.2 Å². The predicted molar refractivity (Wildman–Crippen MR) is 117 cm³/mol. The standard InChI is InChI=1S/C23H23NO6/c1-24-22-14(12-7-18(27-3)21(30-6)11-16(12)23(24)25)9-17(26-2)13-8-19(28-4)20(29-5)10-15(13)22/h7-11H,1-6H3. The van der Waals surface area contributed by atoms with Crippen LogP contribution in [0.25, 0.3) is 32.4 Å². The van der Waals surface area contributed by atoms with Crippen LogP contribution in [-0.4, -0.2) is 40.1 Å². The lowest BCUT2D eigenvalue weighted by Gasteiger charge is -2.18. The third-order valence-electron chi connectivity index (χ3n) is 5.48. The molecule has 0 spiro atoms. The van der Waals surface area contributed by atoms with Crippen molar-refractivity contribution in [2.24, 2.45) is 7.05 Å². The van der Waals surface area contributed by atoms with Crippen molar-refractivity contribution in [1.29, 1.82) is 0 Å². The van der Waals surface area contributed by atoms with Crippen molar-refractivity contribution in [3.05, 3.63) is 40.7 Å². The molecule has 4 aromatic rings. The minimum Gasteiger partial charge on any atom is -0.496 e. The van der Waals surface area contributed by atoms with Crippen LogP contribution in [-0.2, 0) is 7.05 Å². The van der Waals surface area contributed by atoms with E-state index >= 15 is 0 Å². The van der Waals surface area contributed by atoms with Crippen molar-refractivity contribution in [3.8, 4) is 28.7 Å². The number of hydrogen-bond donors (Lipinski definition) is 0. The van der Waals surface area contributed by atoms with Gasteiger partial charge >= 0.3 is 0 Å². The SMILES string of the molecule is COc1cc2c(OC)cc3c4cc(OC)c(OC)cc4c(=O)n(C)c3c2cc1OC. The number of fused-ring (bicyclic) bond motifs is 5. The Morgan fingerprint density at radius 1 is 0.533 bits per heavy atom. The average molecular weight is 409 g/mol. The monoisotopic (exact) mass is 409 g/mol. The van der Waals surface area contributed by atoms with E-state index in [2.05, 4.69) is 0 Å². The fourth-order valence-electron chi connectivity index (χ4n) is 4.00. The average Bonchev–Trinajstić information content (AvgIpc) is 2.79. The number of pyridine rings is 1. The molecular weight excluding hydrogens is 386 g/mol. The van der Waals surface area contributed by atoms with Gasteiger partial charge in [0.25, 0.3) is 5.56 Å². The summed E-state index contributed by atoms with van der Waals surface area (Å²) in [6.45, 7) is 0. The Hall–Kier alpha value is -3.61. The first-order valence-electron chi connectivity index (χ1n) is 9.30. The highest BCUT2D eigenvalue weighted by Gasteiger charge is 2.19. The summed E-state index contributed by atoms with van der Waals surface area (Å²) in [7, 11) is 9.65. The fourth-order valence-corrected chi connectivity index (χ4v) is 4.00. The zero-order valence-electron chi connectivity index (χ0n) is 17.8. The summed E-state index contributed by atoms with van der Waals surface area (Å²) in [6, 6.07) is 9.18. The van der Waals surface area contributed by atoms with E-state index in [-0.39, 0.29) is 5.56 Å². The number of benzene rings is 3. The van der Waals surface area contributed by atoms with Crippen molar-refractivity contribution in [1.82, 2.24) is 4.57 Å². The quantitative estimate of drug-likeness (QED) is 0.466. The molecule has 0 aliphatic carbocycles. The van der Waals surface area contributed by atoms with E-state index in [9.17, 15) is 4.79 Å². The predicted octanol–water partition coefficient (Wildman–Crippen LogP) is 3.89. The van der Waals surface area contributed by atoms with Crippen LogP contribution in [0.5, 0.6) is 28.7 Å². The van der Waals surface area contributed by atoms with Crippen LogP contribution in [0.4, 0.5) is 0 Å². The Morgan fingerprint density at radius 3 is 1.40 bits per heavy atom. The molecule has 1 aromatic heterocycles. The molecule has 0 bridgehead atoms. The van der Waals surface area contributed by atoms with E-state index in [1.807, 2.05) is 24.3 Å². The molecular formula is C23H23NO6. The smallest absolute Gasteiger partial charge is 0.258 e. The molecule has 7 nitrogen and oxygen atoms in total. The van der Waals surface area contributed by atoms with Gasteiger partial charge in [-0.15, -0.1) is 0 Å². The summed E-state index contributed by atoms with van der Waals surface area (Å²) in [6.07, 6.45) is 0. The molecule has 0 saturated heterocycles. The van der Waals surface area contributed by atoms with Gasteiger partial charge in [0.15, 0.2) is 23.0 Å². The van der Waals surface area contributed by atoms with Crippen LogP contribution in [0, 0.1) is 0 Å². The molecule has 3 aromatic carbocycles. The molecule has 156 valence electrons. The highest BCUT2D eigenvalue weighted by atomic mass is 16.5. The first kappa shape index (κ1) is 19.7. The minimum absolute atomic E-state index is 0.139.